The molecule has 28 heavy (non-hydrogen) atoms. The quantitative estimate of drug-likeness (QED) is 0.509. The van der Waals surface area contributed by atoms with Crippen LogP contribution in [0.4, 0.5) is 13.2 Å². The number of Topliss-reactive ketones (excluding diaryl/α,β-unsaturated/α-hetero) is 1. The lowest BCUT2D eigenvalue weighted by molar-refractivity contribution is -0.129. The number of benzene rings is 1. The fraction of sp³-hybridized carbons (Fsp3) is 0.632. The van der Waals surface area contributed by atoms with Crippen molar-refractivity contribution in [2.24, 2.45) is 17.3 Å². The van der Waals surface area contributed by atoms with Crippen molar-refractivity contribution in [1.82, 2.24) is 0 Å². The second kappa shape index (κ2) is 7.02. The summed E-state index contributed by atoms with van der Waals surface area (Å²) < 4.78 is 58.9. The number of fused-ring (bicyclic) bond motifs is 5. The van der Waals surface area contributed by atoms with Crippen LogP contribution >= 0.6 is 0 Å². The molecule has 156 valence electrons. The molecular formula is C19H22F3O5S-. The molecule has 0 aliphatic heterocycles. The Balaban J connectivity index is 0.000000242. The first-order valence-electron chi connectivity index (χ1n) is 9.22. The van der Waals surface area contributed by atoms with Crippen molar-refractivity contribution in [1.29, 1.82) is 0 Å². The van der Waals surface area contributed by atoms with Crippen molar-refractivity contribution in [2.45, 2.75) is 56.9 Å². The molecule has 1 aromatic carbocycles. The summed E-state index contributed by atoms with van der Waals surface area (Å²) in [5.74, 6) is 2.78. The van der Waals surface area contributed by atoms with Gasteiger partial charge in [0.1, 0.15) is 11.5 Å². The molecule has 3 aliphatic carbocycles. The lowest BCUT2D eigenvalue weighted by Gasteiger charge is -2.48. The Bertz CT molecular complexity index is 880. The van der Waals surface area contributed by atoms with Crippen molar-refractivity contribution < 1.29 is 36.0 Å². The van der Waals surface area contributed by atoms with Gasteiger partial charge in [-0.25, -0.2) is 8.42 Å². The van der Waals surface area contributed by atoms with E-state index in [1.54, 1.807) is 0 Å². The summed E-state index contributed by atoms with van der Waals surface area (Å²) >= 11 is 0. The number of alkyl halides is 3. The molecule has 4 rings (SSSR count). The third kappa shape index (κ3) is 3.66. The molecule has 0 saturated heterocycles. The molecule has 3 aliphatic rings. The number of carbonyl (C=O) groups excluding carboxylic acids is 1. The number of halogens is 3. The largest absolute Gasteiger partial charge is 0.741 e. The molecule has 0 spiro atoms. The van der Waals surface area contributed by atoms with Crippen LogP contribution in [-0.2, 0) is 21.3 Å². The minimum Gasteiger partial charge on any atom is -0.741 e. The van der Waals surface area contributed by atoms with E-state index < -0.39 is 15.6 Å². The maximum Gasteiger partial charge on any atom is 0.485 e. The number of phenols is 1. The van der Waals surface area contributed by atoms with E-state index in [4.69, 9.17) is 13.0 Å². The van der Waals surface area contributed by atoms with Crippen LogP contribution in [0.3, 0.4) is 0 Å². The molecule has 2 saturated carbocycles. The van der Waals surface area contributed by atoms with E-state index >= 15 is 0 Å². The zero-order chi connectivity index (χ0) is 20.9. The number of rotatable bonds is 0. The van der Waals surface area contributed by atoms with Gasteiger partial charge in [-0.15, -0.1) is 0 Å². The summed E-state index contributed by atoms with van der Waals surface area (Å²) in [6.07, 6.45) is 6.34. The number of aromatic hydroxyl groups is 1. The van der Waals surface area contributed by atoms with E-state index in [0.717, 1.165) is 32.1 Å². The SMILES string of the molecule is C[C@]12CC[C@@H]3c4ccc(O)cc4CC[C@H]3[C@@H]1CCC2=O.O=S(=O)([O-])C(F)(F)F. The van der Waals surface area contributed by atoms with Gasteiger partial charge in [0.2, 0.25) is 0 Å². The Morgan fingerprint density at radius 1 is 1.18 bits per heavy atom. The topological polar surface area (TPSA) is 94.5 Å². The summed E-state index contributed by atoms with van der Waals surface area (Å²) in [4.78, 5) is 12.3. The third-order valence-electron chi connectivity index (χ3n) is 6.70. The number of carbonyl (C=O) groups is 1. The molecule has 4 atom stereocenters. The lowest BCUT2D eigenvalue weighted by atomic mass is 9.55. The molecule has 0 unspecified atom stereocenters. The maximum absolute atomic E-state index is 12.3. The van der Waals surface area contributed by atoms with Gasteiger partial charge in [0, 0.05) is 11.8 Å². The highest BCUT2D eigenvalue weighted by molar-refractivity contribution is 7.86. The smallest absolute Gasteiger partial charge is 0.485 e. The standard InChI is InChI=1S/C18H22O2.CHF3O3S/c1-18-9-8-14-13-5-3-12(19)10-11(13)2-4-15(14)16(18)6-7-17(18)20;2-1(3,4)8(5,6)7/h3,5,10,14-16,19H,2,4,6-9H2,1H3;(H,5,6,7)/p-1/t14-,15-,16+,18+;/m1./s1. The summed E-state index contributed by atoms with van der Waals surface area (Å²) in [5, 5.41) is 9.67. The Hall–Kier alpha value is -1.61. The molecule has 5 nitrogen and oxygen atoms in total. The second-order valence-corrected chi connectivity index (χ2v) is 9.49. The Morgan fingerprint density at radius 3 is 2.43 bits per heavy atom. The molecule has 9 heteroatoms. The molecule has 0 heterocycles. The molecule has 0 bridgehead atoms. The van der Waals surface area contributed by atoms with Crippen LogP contribution in [0.1, 0.15) is 56.1 Å². The minimum atomic E-state index is -6.09. The summed E-state index contributed by atoms with van der Waals surface area (Å²) in [5.41, 5.74) is -2.90. The first-order chi connectivity index (χ1) is 12.8. The van der Waals surface area contributed by atoms with Crippen molar-refractivity contribution in [3.05, 3.63) is 29.3 Å². The predicted molar refractivity (Wildman–Crippen MR) is 93.5 cm³/mol. The minimum absolute atomic E-state index is 0.0322. The zero-order valence-corrected chi connectivity index (χ0v) is 16.1. The number of hydrogen-bond donors (Lipinski definition) is 1. The molecule has 2 fully saturated rings. The van der Waals surface area contributed by atoms with Crippen LogP contribution in [0.15, 0.2) is 18.2 Å². The van der Waals surface area contributed by atoms with Crippen LogP contribution in [0.5, 0.6) is 5.75 Å². The highest BCUT2D eigenvalue weighted by Gasteiger charge is 2.54. The van der Waals surface area contributed by atoms with Gasteiger partial charge in [-0.05, 0) is 73.1 Å². The van der Waals surface area contributed by atoms with Gasteiger partial charge in [0.15, 0.2) is 10.1 Å². The van der Waals surface area contributed by atoms with E-state index in [0.29, 0.717) is 29.3 Å². The van der Waals surface area contributed by atoms with E-state index in [1.807, 2.05) is 12.1 Å². The van der Waals surface area contributed by atoms with Crippen LogP contribution in [0.2, 0.25) is 0 Å². The van der Waals surface area contributed by atoms with Gasteiger partial charge < -0.3 is 9.66 Å². The molecule has 1 aromatic rings. The average Bonchev–Trinajstić information content (AvgIpc) is 2.88. The van der Waals surface area contributed by atoms with Crippen molar-refractivity contribution >= 4 is 15.9 Å². The number of hydrogen-bond acceptors (Lipinski definition) is 5. The first kappa shape index (κ1) is 21.1. The number of aryl methyl sites for hydroxylation is 1. The number of phenolic OH excluding ortho intramolecular Hbond substituents is 1. The maximum atomic E-state index is 12.3. The van der Waals surface area contributed by atoms with E-state index in [9.17, 15) is 23.1 Å². The highest BCUT2D eigenvalue weighted by Crippen LogP contribution is 2.59. The van der Waals surface area contributed by atoms with Crippen LogP contribution in [-0.4, -0.2) is 29.4 Å². The van der Waals surface area contributed by atoms with E-state index in [-0.39, 0.29) is 5.41 Å². The number of ketones is 1. The van der Waals surface area contributed by atoms with Crippen LogP contribution < -0.4 is 0 Å². The van der Waals surface area contributed by atoms with Crippen LogP contribution in [0, 0.1) is 17.3 Å². The van der Waals surface area contributed by atoms with Crippen molar-refractivity contribution in [2.75, 3.05) is 0 Å². The fourth-order valence-electron chi connectivity index (χ4n) is 5.34. The molecule has 0 aromatic heterocycles. The monoisotopic (exact) mass is 419 g/mol. The summed E-state index contributed by atoms with van der Waals surface area (Å²) in [7, 11) is -6.09. The van der Waals surface area contributed by atoms with Gasteiger partial charge >= 0.3 is 5.51 Å². The summed E-state index contributed by atoms with van der Waals surface area (Å²) in [6.45, 7) is 2.22. The van der Waals surface area contributed by atoms with E-state index in [1.165, 1.54) is 17.5 Å². The second-order valence-electron chi connectivity index (χ2n) is 8.12. The van der Waals surface area contributed by atoms with Crippen molar-refractivity contribution in [3.8, 4) is 5.75 Å². The Labute approximate surface area is 161 Å². The van der Waals surface area contributed by atoms with Gasteiger partial charge in [-0.2, -0.15) is 13.2 Å². The van der Waals surface area contributed by atoms with Gasteiger partial charge in [-0.1, -0.05) is 13.0 Å². The normalized spacial score (nSPS) is 31.9. The zero-order valence-electron chi connectivity index (χ0n) is 15.3. The molecule has 0 amide bonds. The Morgan fingerprint density at radius 2 is 1.82 bits per heavy atom. The Kier molecular flexibility index (Phi) is 5.29. The van der Waals surface area contributed by atoms with E-state index in [2.05, 4.69) is 13.0 Å². The average molecular weight is 419 g/mol. The van der Waals surface area contributed by atoms with Crippen molar-refractivity contribution in [3.63, 3.8) is 0 Å². The molecule has 1 N–H and O–H groups in total. The molecule has 0 radical (unpaired) electrons. The predicted octanol–water partition coefficient (Wildman–Crippen LogP) is 3.87. The van der Waals surface area contributed by atoms with Gasteiger partial charge in [0.25, 0.3) is 0 Å². The fourth-order valence-corrected chi connectivity index (χ4v) is 5.34. The third-order valence-corrected chi connectivity index (χ3v) is 7.27. The highest BCUT2D eigenvalue weighted by atomic mass is 32.2. The van der Waals surface area contributed by atoms with Gasteiger partial charge in [0.05, 0.1) is 0 Å². The van der Waals surface area contributed by atoms with Gasteiger partial charge in [-0.3, -0.25) is 4.79 Å². The molecular weight excluding hydrogens is 397 g/mol. The van der Waals surface area contributed by atoms with Crippen LogP contribution in [0.25, 0.3) is 0 Å². The first-order valence-corrected chi connectivity index (χ1v) is 10.6. The lowest BCUT2D eigenvalue weighted by Crippen LogP contribution is -2.42. The summed E-state index contributed by atoms with van der Waals surface area (Å²) in [6, 6.07) is 5.90.